The number of hydrogen-bond acceptors (Lipinski definition) is 8. The molecule has 2 unspecified atom stereocenters. The number of hydrogen-bond donors (Lipinski definition) is 6. The average molecular weight is 355 g/mol. The first-order valence-corrected chi connectivity index (χ1v) is 7.84. The van der Waals surface area contributed by atoms with E-state index in [1.165, 1.54) is 0 Å². The second-order valence-electron chi connectivity index (χ2n) is 6.54. The van der Waals surface area contributed by atoms with Gasteiger partial charge in [0, 0.05) is 0 Å². The third-order valence-corrected chi connectivity index (χ3v) is 5.14. The summed E-state index contributed by atoms with van der Waals surface area (Å²) in [6.07, 6.45) is -8.05. The van der Waals surface area contributed by atoms with Crippen molar-refractivity contribution >= 4 is 5.91 Å². The van der Waals surface area contributed by atoms with Crippen LogP contribution in [-0.4, -0.2) is 83.8 Å². The van der Waals surface area contributed by atoms with Gasteiger partial charge < -0.3 is 30.6 Å². The number of carbonyl (C=O) groups excluding carboxylic acids is 1. The third-order valence-electron chi connectivity index (χ3n) is 5.14. The Balaban J connectivity index is 1.85. The van der Waals surface area contributed by atoms with Crippen molar-refractivity contribution in [2.75, 3.05) is 6.61 Å². The molecule has 9 heteroatoms. The van der Waals surface area contributed by atoms with Crippen LogP contribution >= 0.6 is 0 Å². The molecule has 1 saturated carbocycles. The van der Waals surface area contributed by atoms with Crippen molar-refractivity contribution in [3.63, 3.8) is 0 Å². The molecule has 0 aromatic heterocycles. The van der Waals surface area contributed by atoms with E-state index in [-0.39, 0.29) is 13.0 Å². The van der Waals surface area contributed by atoms with Crippen molar-refractivity contribution in [1.29, 1.82) is 0 Å². The van der Waals surface area contributed by atoms with Crippen molar-refractivity contribution in [2.24, 2.45) is 0 Å². The lowest BCUT2D eigenvalue weighted by molar-refractivity contribution is -0.357. The highest BCUT2D eigenvalue weighted by Crippen LogP contribution is 2.47. The normalized spacial score (nSPS) is 41.0. The van der Waals surface area contributed by atoms with Gasteiger partial charge in [-0.1, -0.05) is 30.3 Å². The maximum Gasteiger partial charge on any atom is 0.249 e. The number of benzene rings is 1. The SMILES string of the molecule is O=C1CC2([C@H](O)[C@H](O)C(O)(CO)[C@H](O)[C@@H]2O)N1OCc1ccccc1. The minimum Gasteiger partial charge on any atom is -0.393 e. The van der Waals surface area contributed by atoms with E-state index < -0.39 is 48.1 Å². The zero-order valence-electron chi connectivity index (χ0n) is 13.3. The Morgan fingerprint density at radius 1 is 1.04 bits per heavy atom. The number of aliphatic hydroxyl groups is 6. The number of β-lactam (4-membered cyclic amide) rings is 1. The lowest BCUT2D eigenvalue weighted by atomic mass is 9.62. The molecule has 1 aromatic rings. The monoisotopic (exact) mass is 355 g/mol. The first-order chi connectivity index (χ1) is 11.8. The zero-order chi connectivity index (χ0) is 18.4. The fourth-order valence-electron chi connectivity index (χ4n) is 3.51. The van der Waals surface area contributed by atoms with Gasteiger partial charge in [0.25, 0.3) is 0 Å². The molecule has 1 saturated heterocycles. The molecule has 1 spiro atoms. The molecular weight excluding hydrogens is 334 g/mol. The standard InChI is InChI=1S/C16H21NO8/c18-8-16(24)13(22)11(20)15(12(21)14(16)23)6-10(19)17(15)25-7-9-4-2-1-3-5-9/h1-5,11-14,18,20-24H,6-8H2/t11-,12+,13+,14-,15?,16?. The van der Waals surface area contributed by atoms with Crippen LogP contribution in [0.3, 0.4) is 0 Å². The first-order valence-electron chi connectivity index (χ1n) is 7.84. The first kappa shape index (κ1) is 18.2. The van der Waals surface area contributed by atoms with Crippen LogP contribution in [0.1, 0.15) is 12.0 Å². The summed E-state index contributed by atoms with van der Waals surface area (Å²) >= 11 is 0. The van der Waals surface area contributed by atoms with E-state index in [0.717, 1.165) is 10.6 Å². The van der Waals surface area contributed by atoms with Gasteiger partial charge in [-0.3, -0.25) is 9.63 Å². The molecule has 1 aliphatic heterocycles. The van der Waals surface area contributed by atoms with Crippen LogP contribution < -0.4 is 0 Å². The van der Waals surface area contributed by atoms with Crippen LogP contribution in [0.5, 0.6) is 0 Å². The van der Waals surface area contributed by atoms with Crippen molar-refractivity contribution < 1.29 is 40.3 Å². The Labute approximate surface area is 143 Å². The van der Waals surface area contributed by atoms with Crippen molar-refractivity contribution in [1.82, 2.24) is 5.06 Å². The Kier molecular flexibility index (Phi) is 4.58. The number of rotatable bonds is 4. The summed E-state index contributed by atoms with van der Waals surface area (Å²) in [7, 11) is 0. The van der Waals surface area contributed by atoms with Gasteiger partial charge in [-0.25, -0.2) is 5.06 Å². The summed E-state index contributed by atoms with van der Waals surface area (Å²) in [5, 5.41) is 61.3. The van der Waals surface area contributed by atoms with Gasteiger partial charge >= 0.3 is 0 Å². The van der Waals surface area contributed by atoms with Gasteiger partial charge in [0.2, 0.25) is 5.91 Å². The number of aliphatic hydroxyl groups excluding tert-OH is 5. The molecule has 6 atom stereocenters. The van der Waals surface area contributed by atoms with Crippen LogP contribution in [0.25, 0.3) is 0 Å². The molecule has 138 valence electrons. The van der Waals surface area contributed by atoms with Crippen LogP contribution in [0.15, 0.2) is 30.3 Å². The number of hydroxylamine groups is 2. The maximum atomic E-state index is 12.0. The summed E-state index contributed by atoms with van der Waals surface area (Å²) in [5.41, 5.74) is -3.61. The molecule has 2 aliphatic rings. The predicted molar refractivity (Wildman–Crippen MR) is 81.5 cm³/mol. The number of nitrogens with zero attached hydrogens (tertiary/aromatic N) is 1. The van der Waals surface area contributed by atoms with E-state index in [4.69, 9.17) is 4.84 Å². The smallest absolute Gasteiger partial charge is 0.249 e. The highest BCUT2D eigenvalue weighted by Gasteiger charge is 2.72. The number of carbonyl (C=O) groups is 1. The molecule has 9 nitrogen and oxygen atoms in total. The molecule has 2 fully saturated rings. The molecule has 0 bridgehead atoms. The van der Waals surface area contributed by atoms with E-state index in [9.17, 15) is 35.4 Å². The van der Waals surface area contributed by atoms with Crippen LogP contribution in [0, 0.1) is 0 Å². The third kappa shape index (κ3) is 2.48. The van der Waals surface area contributed by atoms with Crippen molar-refractivity contribution in [3.8, 4) is 0 Å². The summed E-state index contributed by atoms with van der Waals surface area (Å²) in [6.45, 7) is -1.12. The second-order valence-corrected chi connectivity index (χ2v) is 6.54. The summed E-state index contributed by atoms with van der Waals surface area (Å²) in [5.74, 6) is -0.553. The van der Waals surface area contributed by atoms with Gasteiger partial charge in [0.1, 0.15) is 42.2 Å². The van der Waals surface area contributed by atoms with Crippen LogP contribution in [-0.2, 0) is 16.2 Å². The van der Waals surface area contributed by atoms with E-state index in [1.54, 1.807) is 30.3 Å². The highest BCUT2D eigenvalue weighted by molar-refractivity contribution is 5.84. The molecule has 0 radical (unpaired) electrons. The topological polar surface area (TPSA) is 151 Å². The minimum atomic E-state index is -2.52. The Morgan fingerprint density at radius 2 is 1.60 bits per heavy atom. The van der Waals surface area contributed by atoms with E-state index in [2.05, 4.69) is 0 Å². The van der Waals surface area contributed by atoms with Gasteiger partial charge in [-0.2, -0.15) is 0 Å². The highest BCUT2D eigenvalue weighted by atomic mass is 16.7. The molecule has 25 heavy (non-hydrogen) atoms. The van der Waals surface area contributed by atoms with E-state index in [0.29, 0.717) is 0 Å². The molecule has 1 aromatic carbocycles. The van der Waals surface area contributed by atoms with Gasteiger partial charge in [0.15, 0.2) is 0 Å². The van der Waals surface area contributed by atoms with Crippen molar-refractivity contribution in [3.05, 3.63) is 35.9 Å². The fraction of sp³-hybridized carbons (Fsp3) is 0.562. The van der Waals surface area contributed by atoms with Gasteiger partial charge in [-0.05, 0) is 5.56 Å². The maximum absolute atomic E-state index is 12.0. The Bertz CT molecular complexity index is 622. The quantitative estimate of drug-likeness (QED) is 0.319. The van der Waals surface area contributed by atoms with E-state index >= 15 is 0 Å². The van der Waals surface area contributed by atoms with Crippen LogP contribution in [0.2, 0.25) is 0 Å². The Hall–Kier alpha value is -1.59. The largest absolute Gasteiger partial charge is 0.393 e. The molecule has 1 heterocycles. The van der Waals surface area contributed by atoms with Gasteiger partial charge in [0.05, 0.1) is 13.0 Å². The molecular formula is C16H21NO8. The Morgan fingerprint density at radius 3 is 2.08 bits per heavy atom. The number of amides is 1. The molecule has 3 rings (SSSR count). The molecule has 1 aliphatic carbocycles. The zero-order valence-corrected chi connectivity index (χ0v) is 13.3. The van der Waals surface area contributed by atoms with E-state index in [1.807, 2.05) is 0 Å². The molecule has 1 amide bonds. The van der Waals surface area contributed by atoms with Crippen molar-refractivity contribution in [2.45, 2.75) is 48.6 Å². The summed E-state index contributed by atoms with van der Waals surface area (Å²) in [6, 6.07) is 8.84. The van der Waals surface area contributed by atoms with Gasteiger partial charge in [-0.15, -0.1) is 0 Å². The summed E-state index contributed by atoms with van der Waals surface area (Å²) < 4.78 is 0. The lowest BCUT2D eigenvalue weighted by Crippen LogP contribution is -2.85. The average Bonchev–Trinajstić information content (AvgIpc) is 2.62. The lowest BCUT2D eigenvalue weighted by Gasteiger charge is -2.61. The minimum absolute atomic E-state index is 0.0375. The van der Waals surface area contributed by atoms with Crippen LogP contribution in [0.4, 0.5) is 0 Å². The second kappa shape index (κ2) is 6.29. The molecule has 6 N–H and O–H groups in total. The fourth-order valence-corrected chi connectivity index (χ4v) is 3.51. The summed E-state index contributed by atoms with van der Waals surface area (Å²) in [4.78, 5) is 17.4. The predicted octanol–water partition coefficient (Wildman–Crippen LogP) is -2.73.